The fourth-order valence-corrected chi connectivity index (χ4v) is 2.16. The van der Waals surface area contributed by atoms with E-state index in [0.29, 0.717) is 19.5 Å². The van der Waals surface area contributed by atoms with Crippen molar-refractivity contribution in [2.24, 2.45) is 12.5 Å². The molecule has 7 heteroatoms. The number of aryl methyl sites for hydroxylation is 1. The van der Waals surface area contributed by atoms with Crippen molar-refractivity contribution in [1.29, 1.82) is 0 Å². The van der Waals surface area contributed by atoms with Gasteiger partial charge in [0.2, 0.25) is 0 Å². The molecule has 104 valence electrons. The maximum absolute atomic E-state index is 12.0. The van der Waals surface area contributed by atoms with Gasteiger partial charge in [-0.05, 0) is 19.4 Å². The number of aromatic nitrogens is 2. The van der Waals surface area contributed by atoms with Crippen molar-refractivity contribution in [2.75, 3.05) is 13.1 Å². The first-order chi connectivity index (χ1) is 8.92. The molecule has 1 saturated heterocycles. The minimum Gasteiger partial charge on any atom is -0.481 e. The molecule has 2 heterocycles. The van der Waals surface area contributed by atoms with Gasteiger partial charge in [0.05, 0.1) is 17.7 Å². The Labute approximate surface area is 111 Å². The minimum atomic E-state index is -0.852. The van der Waals surface area contributed by atoms with Crippen molar-refractivity contribution in [3.05, 3.63) is 18.0 Å². The van der Waals surface area contributed by atoms with E-state index in [9.17, 15) is 9.59 Å². The third-order valence-electron chi connectivity index (χ3n) is 3.62. The lowest BCUT2D eigenvalue weighted by Crippen LogP contribution is -2.40. The van der Waals surface area contributed by atoms with Crippen LogP contribution in [0.5, 0.6) is 0 Å². The smallest absolute Gasteiger partial charge is 0.317 e. The number of likely N-dealkylation sites (tertiary alicyclic amines) is 1. The first kappa shape index (κ1) is 13.4. The summed E-state index contributed by atoms with van der Waals surface area (Å²) in [5, 5.41) is 15.9. The highest BCUT2D eigenvalue weighted by molar-refractivity contribution is 5.79. The van der Waals surface area contributed by atoms with Crippen molar-refractivity contribution < 1.29 is 14.7 Å². The van der Waals surface area contributed by atoms with Crippen LogP contribution >= 0.6 is 0 Å². The molecular weight excluding hydrogens is 248 g/mol. The number of carbonyl (C=O) groups excluding carboxylic acids is 1. The highest BCUT2D eigenvalue weighted by Crippen LogP contribution is 2.29. The van der Waals surface area contributed by atoms with Gasteiger partial charge >= 0.3 is 12.0 Å². The molecule has 1 atom stereocenters. The Hall–Kier alpha value is -2.05. The molecule has 0 saturated carbocycles. The maximum atomic E-state index is 12.0. The monoisotopic (exact) mass is 266 g/mol. The van der Waals surface area contributed by atoms with Gasteiger partial charge in [-0.3, -0.25) is 9.48 Å². The van der Waals surface area contributed by atoms with Crippen LogP contribution in [0.3, 0.4) is 0 Å². The third kappa shape index (κ3) is 2.69. The van der Waals surface area contributed by atoms with E-state index in [-0.39, 0.29) is 12.6 Å². The Morgan fingerprint density at radius 2 is 2.32 bits per heavy atom. The normalized spacial score (nSPS) is 22.5. The third-order valence-corrected chi connectivity index (χ3v) is 3.62. The van der Waals surface area contributed by atoms with Gasteiger partial charge < -0.3 is 15.3 Å². The quantitative estimate of drug-likeness (QED) is 0.830. The summed E-state index contributed by atoms with van der Waals surface area (Å²) in [6.07, 6.45) is 2.15. The second-order valence-electron chi connectivity index (χ2n) is 5.14. The van der Waals surface area contributed by atoms with E-state index in [1.54, 1.807) is 29.7 Å². The molecule has 1 unspecified atom stereocenters. The van der Waals surface area contributed by atoms with E-state index in [4.69, 9.17) is 5.11 Å². The molecule has 1 aliphatic rings. The lowest BCUT2D eigenvalue weighted by Gasteiger charge is -2.20. The number of hydrogen-bond acceptors (Lipinski definition) is 3. The zero-order valence-electron chi connectivity index (χ0n) is 11.1. The van der Waals surface area contributed by atoms with Crippen LogP contribution in [0.2, 0.25) is 0 Å². The number of carboxylic acids is 1. The summed E-state index contributed by atoms with van der Waals surface area (Å²) < 4.78 is 1.69. The molecule has 0 spiro atoms. The fourth-order valence-electron chi connectivity index (χ4n) is 2.16. The van der Waals surface area contributed by atoms with Crippen LogP contribution in [-0.4, -0.2) is 44.9 Å². The molecule has 1 fully saturated rings. The second-order valence-corrected chi connectivity index (χ2v) is 5.14. The fraction of sp³-hybridized carbons (Fsp3) is 0.583. The average Bonchev–Trinajstić information content (AvgIpc) is 2.94. The molecule has 0 radical (unpaired) electrons. The van der Waals surface area contributed by atoms with Gasteiger partial charge in [-0.2, -0.15) is 5.10 Å². The largest absolute Gasteiger partial charge is 0.481 e. The Kier molecular flexibility index (Phi) is 3.46. The second kappa shape index (κ2) is 4.91. The predicted molar refractivity (Wildman–Crippen MR) is 67.4 cm³/mol. The molecule has 0 bridgehead atoms. The molecule has 2 N–H and O–H groups in total. The maximum Gasteiger partial charge on any atom is 0.317 e. The summed E-state index contributed by atoms with van der Waals surface area (Å²) in [6, 6.07) is 1.59. The predicted octanol–water partition coefficient (Wildman–Crippen LogP) is 0.426. The molecule has 1 aromatic rings. The molecule has 1 aliphatic heterocycles. The summed E-state index contributed by atoms with van der Waals surface area (Å²) >= 11 is 0. The summed E-state index contributed by atoms with van der Waals surface area (Å²) in [4.78, 5) is 24.6. The van der Waals surface area contributed by atoms with Crippen LogP contribution in [0.15, 0.2) is 12.3 Å². The zero-order chi connectivity index (χ0) is 14.0. The van der Waals surface area contributed by atoms with Crippen molar-refractivity contribution in [1.82, 2.24) is 20.0 Å². The standard InChI is InChI=1S/C12H18N4O3/c1-12(10(17)18)4-6-16(8-12)11(19)13-7-9-3-5-14-15(9)2/h3,5H,4,6-8H2,1-2H3,(H,13,19)(H,17,18). The molecule has 2 amide bonds. The van der Waals surface area contributed by atoms with E-state index in [0.717, 1.165) is 5.69 Å². The van der Waals surface area contributed by atoms with Crippen LogP contribution < -0.4 is 5.32 Å². The molecule has 19 heavy (non-hydrogen) atoms. The molecule has 1 aromatic heterocycles. The first-order valence-electron chi connectivity index (χ1n) is 6.15. The number of nitrogens with one attached hydrogen (secondary N) is 1. The van der Waals surface area contributed by atoms with E-state index in [1.807, 2.05) is 6.07 Å². The summed E-state index contributed by atoms with van der Waals surface area (Å²) in [7, 11) is 1.80. The average molecular weight is 266 g/mol. The number of urea groups is 1. The van der Waals surface area contributed by atoms with E-state index in [2.05, 4.69) is 10.4 Å². The Morgan fingerprint density at radius 3 is 2.84 bits per heavy atom. The van der Waals surface area contributed by atoms with Gasteiger partial charge in [0.25, 0.3) is 0 Å². The van der Waals surface area contributed by atoms with E-state index < -0.39 is 11.4 Å². The lowest BCUT2D eigenvalue weighted by molar-refractivity contribution is -0.146. The van der Waals surface area contributed by atoms with Crippen LogP contribution in [0.4, 0.5) is 4.79 Å². The van der Waals surface area contributed by atoms with Gasteiger partial charge in [0.1, 0.15) is 0 Å². The van der Waals surface area contributed by atoms with Gasteiger partial charge in [0.15, 0.2) is 0 Å². The number of amides is 2. The Morgan fingerprint density at radius 1 is 1.58 bits per heavy atom. The number of aliphatic carboxylic acids is 1. The lowest BCUT2D eigenvalue weighted by atomic mass is 9.90. The SMILES string of the molecule is Cn1nccc1CNC(=O)N1CCC(C)(C(=O)O)C1. The first-order valence-corrected chi connectivity index (χ1v) is 6.15. The van der Waals surface area contributed by atoms with Gasteiger partial charge in [-0.25, -0.2) is 4.79 Å². The van der Waals surface area contributed by atoms with Crippen LogP contribution in [0.25, 0.3) is 0 Å². The van der Waals surface area contributed by atoms with E-state index in [1.165, 1.54) is 0 Å². The van der Waals surface area contributed by atoms with Crippen molar-refractivity contribution in [3.63, 3.8) is 0 Å². The molecule has 0 aromatic carbocycles. The number of carbonyl (C=O) groups is 2. The topological polar surface area (TPSA) is 87.5 Å². The summed E-state index contributed by atoms with van der Waals surface area (Å²) in [6.45, 7) is 2.78. The Bertz CT molecular complexity index is 499. The highest BCUT2D eigenvalue weighted by Gasteiger charge is 2.42. The molecule has 7 nitrogen and oxygen atoms in total. The Balaban J connectivity index is 1.89. The van der Waals surface area contributed by atoms with Crippen LogP contribution in [-0.2, 0) is 18.4 Å². The number of rotatable bonds is 3. The van der Waals surface area contributed by atoms with Crippen LogP contribution in [0.1, 0.15) is 19.0 Å². The minimum absolute atomic E-state index is 0.230. The zero-order valence-corrected chi connectivity index (χ0v) is 11.1. The molecule has 2 rings (SSSR count). The van der Waals surface area contributed by atoms with E-state index >= 15 is 0 Å². The molecule has 0 aliphatic carbocycles. The summed E-state index contributed by atoms with van der Waals surface area (Å²) in [5.41, 5.74) is 0.0673. The van der Waals surface area contributed by atoms with Gasteiger partial charge in [0, 0.05) is 26.3 Å². The van der Waals surface area contributed by atoms with Crippen molar-refractivity contribution in [2.45, 2.75) is 19.9 Å². The summed E-state index contributed by atoms with van der Waals surface area (Å²) in [5.74, 6) is -0.852. The van der Waals surface area contributed by atoms with Crippen molar-refractivity contribution >= 4 is 12.0 Å². The number of hydrogen-bond donors (Lipinski definition) is 2. The number of nitrogens with zero attached hydrogens (tertiary/aromatic N) is 3. The number of carboxylic acid groups (broad SMARTS) is 1. The molecular formula is C12H18N4O3. The van der Waals surface area contributed by atoms with Crippen molar-refractivity contribution in [3.8, 4) is 0 Å². The van der Waals surface area contributed by atoms with Gasteiger partial charge in [-0.1, -0.05) is 0 Å². The van der Waals surface area contributed by atoms with Crippen LogP contribution in [0, 0.1) is 5.41 Å². The highest BCUT2D eigenvalue weighted by atomic mass is 16.4. The van der Waals surface area contributed by atoms with Gasteiger partial charge in [-0.15, -0.1) is 0 Å².